The Kier molecular flexibility index (Phi) is 6.89. The molecule has 4 nitrogen and oxygen atoms in total. The van der Waals surface area contributed by atoms with Gasteiger partial charge in [-0.25, -0.2) is 0 Å². The summed E-state index contributed by atoms with van der Waals surface area (Å²) in [5.41, 5.74) is 4.73. The Morgan fingerprint density at radius 3 is 2.53 bits per heavy atom. The number of rotatable bonds is 6. The molecule has 0 saturated carbocycles. The first-order valence-corrected chi connectivity index (χ1v) is 6.98. The van der Waals surface area contributed by atoms with Crippen LogP contribution in [0.5, 0.6) is 5.75 Å². The summed E-state index contributed by atoms with van der Waals surface area (Å²) >= 11 is 5.14. The van der Waals surface area contributed by atoms with Crippen LogP contribution in [0, 0.1) is 0 Å². The van der Waals surface area contributed by atoms with Crippen LogP contribution < -0.4 is 10.7 Å². The summed E-state index contributed by atoms with van der Waals surface area (Å²) in [6.07, 6.45) is 3.01. The second kappa shape index (κ2) is 8.48. The van der Waals surface area contributed by atoms with Gasteiger partial charge in [0.15, 0.2) is 5.11 Å². The number of benzene rings is 1. The lowest BCUT2D eigenvalue weighted by Crippen LogP contribution is -2.33. The van der Waals surface area contributed by atoms with Crippen molar-refractivity contribution in [3.05, 3.63) is 29.8 Å². The molecule has 0 radical (unpaired) electrons. The number of hydrazone groups is 1. The molecular formula is C14H21N3OS. The van der Waals surface area contributed by atoms with E-state index in [1.807, 2.05) is 19.1 Å². The third-order valence-corrected chi connectivity index (χ3v) is 2.88. The third kappa shape index (κ3) is 5.70. The van der Waals surface area contributed by atoms with Crippen LogP contribution in [0.2, 0.25) is 0 Å². The van der Waals surface area contributed by atoms with E-state index in [1.54, 1.807) is 12.1 Å². The Bertz CT molecular complexity index is 429. The lowest BCUT2D eigenvalue weighted by Gasteiger charge is -2.08. The summed E-state index contributed by atoms with van der Waals surface area (Å²) in [4.78, 5) is 0. The van der Waals surface area contributed by atoms with Crippen molar-refractivity contribution >= 4 is 23.0 Å². The zero-order chi connectivity index (χ0) is 14.1. The van der Waals surface area contributed by atoms with Crippen LogP contribution in [-0.4, -0.2) is 22.5 Å². The molecule has 0 heterocycles. The van der Waals surface area contributed by atoms with Crippen molar-refractivity contribution in [1.82, 2.24) is 10.7 Å². The monoisotopic (exact) mass is 279 g/mol. The number of hydrogen-bond acceptors (Lipinski definition) is 3. The van der Waals surface area contributed by atoms with E-state index in [9.17, 15) is 5.11 Å². The summed E-state index contributed by atoms with van der Waals surface area (Å²) < 4.78 is 0. The highest BCUT2D eigenvalue weighted by molar-refractivity contribution is 7.80. The maximum atomic E-state index is 9.26. The number of hydrogen-bond donors (Lipinski definition) is 3. The van der Waals surface area contributed by atoms with Crippen LogP contribution in [0.25, 0.3) is 0 Å². The molecular weight excluding hydrogens is 258 g/mol. The Hall–Kier alpha value is -1.62. The smallest absolute Gasteiger partial charge is 0.186 e. The van der Waals surface area contributed by atoms with Gasteiger partial charge in [-0.2, -0.15) is 5.10 Å². The van der Waals surface area contributed by atoms with Gasteiger partial charge in [-0.3, -0.25) is 5.43 Å². The van der Waals surface area contributed by atoms with E-state index in [0.717, 1.165) is 37.1 Å². The van der Waals surface area contributed by atoms with Gasteiger partial charge in [0.25, 0.3) is 0 Å². The molecule has 1 aromatic rings. The summed E-state index contributed by atoms with van der Waals surface area (Å²) in [6, 6.07) is 6.98. The molecule has 1 aromatic carbocycles. The van der Waals surface area contributed by atoms with Crippen LogP contribution in [0.3, 0.4) is 0 Å². The second-order valence-electron chi connectivity index (χ2n) is 4.18. The number of thiocarbonyl (C=S) groups is 1. The molecule has 0 atom stereocenters. The standard InChI is InChI=1S/C14H21N3OS/c1-3-5-10-15-14(19)17-16-13(4-2)11-6-8-12(18)9-7-11/h6-9,18H,3-5,10H2,1-2H3,(H2,15,17,19)/b16-13+. The van der Waals surface area contributed by atoms with Gasteiger partial charge in [0.1, 0.15) is 5.75 Å². The van der Waals surface area contributed by atoms with Crippen LogP contribution in [0.4, 0.5) is 0 Å². The van der Waals surface area contributed by atoms with Crippen molar-refractivity contribution in [2.75, 3.05) is 6.54 Å². The molecule has 0 fully saturated rings. The molecule has 0 amide bonds. The third-order valence-electron chi connectivity index (χ3n) is 2.64. The van der Waals surface area contributed by atoms with Crippen molar-refractivity contribution in [3.8, 4) is 5.75 Å². The number of phenols is 1. The average Bonchev–Trinajstić information content (AvgIpc) is 2.41. The van der Waals surface area contributed by atoms with E-state index in [1.165, 1.54) is 0 Å². The molecule has 1 rings (SSSR count). The largest absolute Gasteiger partial charge is 0.508 e. The van der Waals surface area contributed by atoms with Gasteiger partial charge in [0.2, 0.25) is 0 Å². The lowest BCUT2D eigenvalue weighted by molar-refractivity contribution is 0.475. The fourth-order valence-electron chi connectivity index (χ4n) is 1.54. The highest BCUT2D eigenvalue weighted by Crippen LogP contribution is 2.11. The van der Waals surface area contributed by atoms with Gasteiger partial charge in [0.05, 0.1) is 5.71 Å². The minimum Gasteiger partial charge on any atom is -0.508 e. The topological polar surface area (TPSA) is 56.7 Å². The van der Waals surface area contributed by atoms with Gasteiger partial charge in [-0.1, -0.05) is 20.3 Å². The summed E-state index contributed by atoms with van der Waals surface area (Å²) in [6.45, 7) is 5.02. The zero-order valence-corrected chi connectivity index (χ0v) is 12.3. The van der Waals surface area contributed by atoms with Gasteiger partial charge in [0, 0.05) is 6.54 Å². The van der Waals surface area contributed by atoms with E-state index in [4.69, 9.17) is 12.2 Å². The maximum Gasteiger partial charge on any atom is 0.186 e. The van der Waals surface area contributed by atoms with E-state index < -0.39 is 0 Å². The highest BCUT2D eigenvalue weighted by atomic mass is 32.1. The van der Waals surface area contributed by atoms with E-state index >= 15 is 0 Å². The average molecular weight is 279 g/mol. The van der Waals surface area contributed by atoms with Crippen LogP contribution >= 0.6 is 12.2 Å². The Morgan fingerprint density at radius 1 is 1.26 bits per heavy atom. The van der Waals surface area contributed by atoms with Gasteiger partial charge in [-0.15, -0.1) is 0 Å². The molecule has 0 spiro atoms. The summed E-state index contributed by atoms with van der Waals surface area (Å²) in [5.74, 6) is 0.254. The first-order chi connectivity index (χ1) is 9.17. The molecule has 0 saturated heterocycles. The molecule has 3 N–H and O–H groups in total. The number of phenolic OH excluding ortho intramolecular Hbond substituents is 1. The number of nitrogens with zero attached hydrogens (tertiary/aromatic N) is 1. The Labute approximate surface area is 119 Å². The molecule has 0 bridgehead atoms. The molecule has 0 unspecified atom stereocenters. The Morgan fingerprint density at radius 2 is 1.95 bits per heavy atom. The van der Waals surface area contributed by atoms with Crippen molar-refractivity contribution in [3.63, 3.8) is 0 Å². The first-order valence-electron chi connectivity index (χ1n) is 6.57. The van der Waals surface area contributed by atoms with Gasteiger partial charge in [-0.05, 0) is 54.9 Å². The first kappa shape index (κ1) is 15.4. The highest BCUT2D eigenvalue weighted by Gasteiger charge is 2.02. The number of nitrogens with one attached hydrogen (secondary N) is 2. The van der Waals surface area contributed by atoms with Crippen molar-refractivity contribution < 1.29 is 5.11 Å². The molecule has 19 heavy (non-hydrogen) atoms. The van der Waals surface area contributed by atoms with Gasteiger partial charge < -0.3 is 10.4 Å². The lowest BCUT2D eigenvalue weighted by atomic mass is 10.1. The van der Waals surface area contributed by atoms with E-state index in [-0.39, 0.29) is 5.75 Å². The minimum absolute atomic E-state index is 0.254. The number of aromatic hydroxyl groups is 1. The Balaban J connectivity index is 2.57. The summed E-state index contributed by atoms with van der Waals surface area (Å²) in [5, 5.41) is 17.2. The SMILES string of the molecule is CCCCNC(=S)N/N=C(\CC)c1ccc(O)cc1. The molecule has 0 aliphatic carbocycles. The zero-order valence-electron chi connectivity index (χ0n) is 11.4. The number of unbranched alkanes of at least 4 members (excludes halogenated alkanes) is 1. The van der Waals surface area contributed by atoms with Crippen LogP contribution in [0.15, 0.2) is 29.4 Å². The van der Waals surface area contributed by atoms with Gasteiger partial charge >= 0.3 is 0 Å². The van der Waals surface area contributed by atoms with Crippen LogP contribution in [-0.2, 0) is 0 Å². The second-order valence-corrected chi connectivity index (χ2v) is 4.59. The molecule has 0 aliphatic heterocycles. The molecule has 0 aromatic heterocycles. The maximum absolute atomic E-state index is 9.26. The normalized spacial score (nSPS) is 11.2. The van der Waals surface area contributed by atoms with Crippen molar-refractivity contribution in [2.24, 2.45) is 5.10 Å². The fraction of sp³-hybridized carbons (Fsp3) is 0.429. The molecule has 104 valence electrons. The van der Waals surface area contributed by atoms with E-state index in [0.29, 0.717) is 5.11 Å². The predicted octanol–water partition coefficient (Wildman–Crippen LogP) is 2.77. The molecule has 5 heteroatoms. The van der Waals surface area contributed by atoms with E-state index in [2.05, 4.69) is 22.8 Å². The fourth-order valence-corrected chi connectivity index (χ4v) is 1.69. The van der Waals surface area contributed by atoms with Crippen molar-refractivity contribution in [2.45, 2.75) is 33.1 Å². The van der Waals surface area contributed by atoms with Crippen molar-refractivity contribution in [1.29, 1.82) is 0 Å². The minimum atomic E-state index is 0.254. The predicted molar refractivity (Wildman–Crippen MR) is 83.6 cm³/mol. The molecule has 0 aliphatic rings. The van der Waals surface area contributed by atoms with Crippen LogP contribution in [0.1, 0.15) is 38.7 Å². The quantitative estimate of drug-likeness (QED) is 0.324. The summed E-state index contributed by atoms with van der Waals surface area (Å²) in [7, 11) is 0.